The summed E-state index contributed by atoms with van der Waals surface area (Å²) in [5.41, 5.74) is 0. The minimum absolute atomic E-state index is 0.211. The summed E-state index contributed by atoms with van der Waals surface area (Å²) in [6, 6.07) is 0. The smallest absolute Gasteiger partial charge is 0.0704 e. The van der Waals surface area contributed by atoms with E-state index >= 15 is 0 Å². The first-order valence-corrected chi connectivity index (χ1v) is 6.78. The maximum Gasteiger partial charge on any atom is 0.0704 e. The molecule has 0 amide bonds. The fourth-order valence-corrected chi connectivity index (χ4v) is 1.36. The molecule has 0 aromatic heterocycles. The van der Waals surface area contributed by atoms with E-state index in [1.165, 1.54) is 0 Å². The highest BCUT2D eigenvalue weighted by molar-refractivity contribution is 4.55. The molecule has 18 heavy (non-hydrogen) atoms. The normalized spacial score (nSPS) is 12.8. The van der Waals surface area contributed by atoms with E-state index in [0.29, 0.717) is 26.4 Å². The van der Waals surface area contributed by atoms with Crippen molar-refractivity contribution in [2.24, 2.45) is 0 Å². The van der Waals surface area contributed by atoms with Crippen LogP contribution in [0.15, 0.2) is 0 Å². The molecule has 0 radical (unpaired) electrons. The summed E-state index contributed by atoms with van der Waals surface area (Å²) < 4.78 is 21.0. The van der Waals surface area contributed by atoms with Crippen LogP contribution in [0.2, 0.25) is 0 Å². The van der Waals surface area contributed by atoms with E-state index < -0.39 is 0 Å². The lowest BCUT2D eigenvalue weighted by Crippen LogP contribution is -2.29. The molecule has 0 aromatic rings. The second-order valence-corrected chi connectivity index (χ2v) is 4.04. The van der Waals surface area contributed by atoms with Gasteiger partial charge in [-0.1, -0.05) is 0 Å². The zero-order valence-corrected chi connectivity index (χ0v) is 12.1. The van der Waals surface area contributed by atoms with Crippen LogP contribution in [0.3, 0.4) is 0 Å². The van der Waals surface area contributed by atoms with Crippen LogP contribution in [0.25, 0.3) is 0 Å². The lowest BCUT2D eigenvalue weighted by atomic mass is 10.3. The second-order valence-electron chi connectivity index (χ2n) is 4.04. The van der Waals surface area contributed by atoms with Crippen molar-refractivity contribution in [3.63, 3.8) is 0 Å². The number of nitrogens with one attached hydrogen (secondary N) is 1. The molecule has 0 aromatic carbocycles. The largest absolute Gasteiger partial charge is 0.382 e. The van der Waals surface area contributed by atoms with E-state index in [9.17, 15) is 0 Å². The second kappa shape index (κ2) is 14.9. The van der Waals surface area contributed by atoms with Crippen LogP contribution in [-0.4, -0.2) is 65.9 Å². The van der Waals surface area contributed by atoms with Crippen LogP contribution >= 0.6 is 0 Å². The highest BCUT2D eigenvalue weighted by atomic mass is 16.5. The van der Waals surface area contributed by atoms with Crippen molar-refractivity contribution in [1.82, 2.24) is 5.32 Å². The van der Waals surface area contributed by atoms with Gasteiger partial charge < -0.3 is 24.3 Å². The molecule has 1 N–H and O–H groups in total. The summed E-state index contributed by atoms with van der Waals surface area (Å²) in [4.78, 5) is 0. The van der Waals surface area contributed by atoms with Crippen molar-refractivity contribution >= 4 is 0 Å². The average Bonchev–Trinajstić information content (AvgIpc) is 2.38. The molecule has 1 unspecified atom stereocenters. The van der Waals surface area contributed by atoms with Gasteiger partial charge in [-0.05, 0) is 26.8 Å². The first-order chi connectivity index (χ1) is 8.81. The van der Waals surface area contributed by atoms with E-state index in [1.807, 2.05) is 6.92 Å². The molecule has 0 spiro atoms. The Hall–Kier alpha value is -0.200. The monoisotopic (exact) mass is 263 g/mol. The molecule has 0 rings (SSSR count). The highest BCUT2D eigenvalue weighted by Gasteiger charge is 2.00. The van der Waals surface area contributed by atoms with E-state index in [4.69, 9.17) is 18.9 Å². The Balaban J connectivity index is 3.10. The summed E-state index contributed by atoms with van der Waals surface area (Å²) >= 11 is 0. The zero-order valence-electron chi connectivity index (χ0n) is 12.1. The number of methoxy groups -OCH3 is 1. The molecule has 0 aliphatic heterocycles. The molecule has 0 saturated heterocycles. The Labute approximate surface area is 111 Å². The number of rotatable bonds is 14. The Morgan fingerprint density at radius 1 is 1.00 bits per heavy atom. The molecule has 0 aliphatic carbocycles. The first-order valence-electron chi connectivity index (χ1n) is 6.78. The molecule has 5 heteroatoms. The lowest BCUT2D eigenvalue weighted by molar-refractivity contribution is 0.00000615. The third-order valence-corrected chi connectivity index (χ3v) is 2.34. The summed E-state index contributed by atoms with van der Waals surface area (Å²) in [6.45, 7) is 10.0. The van der Waals surface area contributed by atoms with Crippen LogP contribution in [0.1, 0.15) is 20.3 Å². The Morgan fingerprint density at radius 3 is 2.50 bits per heavy atom. The van der Waals surface area contributed by atoms with Crippen LogP contribution in [0.4, 0.5) is 0 Å². The molecule has 0 heterocycles. The number of hydrogen-bond donors (Lipinski definition) is 1. The van der Waals surface area contributed by atoms with Crippen molar-refractivity contribution in [2.45, 2.75) is 26.4 Å². The molecule has 110 valence electrons. The fraction of sp³-hybridized carbons (Fsp3) is 1.00. The maximum absolute atomic E-state index is 5.59. The van der Waals surface area contributed by atoms with Gasteiger partial charge in [0.15, 0.2) is 0 Å². The van der Waals surface area contributed by atoms with Crippen LogP contribution < -0.4 is 5.32 Å². The minimum Gasteiger partial charge on any atom is -0.382 e. The third-order valence-electron chi connectivity index (χ3n) is 2.34. The van der Waals surface area contributed by atoms with Crippen molar-refractivity contribution in [3.8, 4) is 0 Å². The van der Waals surface area contributed by atoms with E-state index in [0.717, 1.165) is 32.7 Å². The number of hydrogen-bond acceptors (Lipinski definition) is 5. The van der Waals surface area contributed by atoms with Gasteiger partial charge in [0.05, 0.1) is 32.5 Å². The standard InChI is InChI=1S/C13H29NO4/c1-4-16-7-5-6-14-12-13(2)18-11-10-17-9-8-15-3/h13-14H,4-12H2,1-3H3. The van der Waals surface area contributed by atoms with Crippen LogP contribution in [-0.2, 0) is 18.9 Å². The maximum atomic E-state index is 5.59. The molecular formula is C13H29NO4. The van der Waals surface area contributed by atoms with Gasteiger partial charge in [0, 0.05) is 26.9 Å². The van der Waals surface area contributed by atoms with Gasteiger partial charge in [0.1, 0.15) is 0 Å². The van der Waals surface area contributed by atoms with Gasteiger partial charge in [0.2, 0.25) is 0 Å². The predicted molar refractivity (Wildman–Crippen MR) is 72.1 cm³/mol. The van der Waals surface area contributed by atoms with Crippen molar-refractivity contribution < 1.29 is 18.9 Å². The van der Waals surface area contributed by atoms with Gasteiger partial charge in [-0.3, -0.25) is 0 Å². The predicted octanol–water partition coefficient (Wildman–Crippen LogP) is 1.07. The third kappa shape index (κ3) is 13.9. The number of ether oxygens (including phenoxy) is 4. The minimum atomic E-state index is 0.211. The van der Waals surface area contributed by atoms with E-state index in [-0.39, 0.29) is 6.10 Å². The van der Waals surface area contributed by atoms with E-state index in [1.54, 1.807) is 7.11 Å². The topological polar surface area (TPSA) is 49.0 Å². The molecular weight excluding hydrogens is 234 g/mol. The quantitative estimate of drug-likeness (QED) is 0.475. The van der Waals surface area contributed by atoms with Gasteiger partial charge in [-0.2, -0.15) is 0 Å². The summed E-state index contributed by atoms with van der Waals surface area (Å²) in [7, 11) is 1.67. The van der Waals surface area contributed by atoms with E-state index in [2.05, 4.69) is 12.2 Å². The van der Waals surface area contributed by atoms with Gasteiger partial charge >= 0.3 is 0 Å². The van der Waals surface area contributed by atoms with Gasteiger partial charge in [-0.15, -0.1) is 0 Å². The zero-order chi connectivity index (χ0) is 13.5. The molecule has 0 saturated carbocycles. The summed E-state index contributed by atoms with van der Waals surface area (Å²) in [6.07, 6.45) is 1.25. The molecule has 0 aliphatic rings. The Morgan fingerprint density at radius 2 is 1.78 bits per heavy atom. The Bertz CT molecular complexity index is 142. The first kappa shape index (κ1) is 17.8. The Kier molecular flexibility index (Phi) is 14.7. The van der Waals surface area contributed by atoms with Crippen LogP contribution in [0, 0.1) is 0 Å². The molecule has 1 atom stereocenters. The summed E-state index contributed by atoms with van der Waals surface area (Å²) in [5, 5.41) is 3.34. The van der Waals surface area contributed by atoms with Crippen molar-refractivity contribution in [3.05, 3.63) is 0 Å². The average molecular weight is 263 g/mol. The van der Waals surface area contributed by atoms with Crippen molar-refractivity contribution in [2.75, 3.05) is 59.8 Å². The van der Waals surface area contributed by atoms with Crippen molar-refractivity contribution in [1.29, 1.82) is 0 Å². The lowest BCUT2D eigenvalue weighted by Gasteiger charge is -2.14. The molecule has 5 nitrogen and oxygen atoms in total. The fourth-order valence-electron chi connectivity index (χ4n) is 1.36. The molecule has 0 bridgehead atoms. The molecule has 0 fully saturated rings. The van der Waals surface area contributed by atoms with Crippen LogP contribution in [0.5, 0.6) is 0 Å². The SMILES string of the molecule is CCOCCCNCC(C)OCCOCCOC. The van der Waals surface area contributed by atoms with Gasteiger partial charge in [-0.25, -0.2) is 0 Å². The summed E-state index contributed by atoms with van der Waals surface area (Å²) in [5.74, 6) is 0. The highest BCUT2D eigenvalue weighted by Crippen LogP contribution is 1.90. The van der Waals surface area contributed by atoms with Gasteiger partial charge in [0.25, 0.3) is 0 Å².